The second-order valence-corrected chi connectivity index (χ2v) is 8.32. The van der Waals surface area contributed by atoms with Crippen molar-refractivity contribution in [2.24, 2.45) is 0 Å². The van der Waals surface area contributed by atoms with E-state index in [1.807, 2.05) is 50.1 Å². The molecule has 0 bridgehead atoms. The quantitative estimate of drug-likeness (QED) is 0.476. The Morgan fingerprint density at radius 1 is 1.06 bits per heavy atom. The van der Waals surface area contributed by atoms with Gasteiger partial charge in [-0.05, 0) is 68.3 Å². The summed E-state index contributed by atoms with van der Waals surface area (Å²) in [5, 5.41) is 3.33. The Morgan fingerprint density at radius 3 is 2.33 bits per heavy atom. The van der Waals surface area contributed by atoms with Crippen LogP contribution in [-0.4, -0.2) is 43.1 Å². The minimum Gasteiger partial charge on any atom is -0.494 e. The second-order valence-electron chi connectivity index (χ2n) is 8.32. The number of anilines is 2. The van der Waals surface area contributed by atoms with Gasteiger partial charge in [0.05, 0.1) is 23.5 Å². The number of benzene rings is 2. The van der Waals surface area contributed by atoms with Crippen LogP contribution in [0, 0.1) is 0 Å². The molecule has 0 unspecified atom stereocenters. The molecule has 0 aromatic heterocycles. The molecule has 1 saturated heterocycles. The summed E-state index contributed by atoms with van der Waals surface area (Å²) in [7, 11) is 0. The molecule has 2 aliphatic rings. The molecule has 194 valence electrons. The molecular formula is C28H34F3N3O2. The van der Waals surface area contributed by atoms with Gasteiger partial charge in [-0.15, -0.1) is 0 Å². The maximum Gasteiger partial charge on any atom is 0.416 e. The predicted octanol–water partition coefficient (Wildman–Crippen LogP) is 6.74. The van der Waals surface area contributed by atoms with Gasteiger partial charge in [-0.1, -0.05) is 26.0 Å². The number of nitrogens with one attached hydrogen (secondary N) is 1. The maximum atomic E-state index is 13.4. The number of hydrogen-bond donors (Lipinski definition) is 1. The van der Waals surface area contributed by atoms with E-state index in [2.05, 4.69) is 5.32 Å². The average molecular weight is 502 g/mol. The molecule has 0 atom stereocenters. The first kappa shape index (κ1) is 27.2. The highest BCUT2D eigenvalue weighted by Crippen LogP contribution is 2.37. The molecule has 5 nitrogen and oxygen atoms in total. The Hall–Kier alpha value is -3.42. The predicted molar refractivity (Wildman–Crippen MR) is 139 cm³/mol. The van der Waals surface area contributed by atoms with Crippen molar-refractivity contribution in [2.45, 2.75) is 45.8 Å². The monoisotopic (exact) mass is 501 g/mol. The second kappa shape index (κ2) is 12.5. The number of halogens is 3. The average Bonchev–Trinajstić information content (AvgIpc) is 2.90. The van der Waals surface area contributed by atoms with E-state index >= 15 is 0 Å². The molecule has 0 spiro atoms. The smallest absolute Gasteiger partial charge is 0.416 e. The molecule has 0 aliphatic carbocycles. The van der Waals surface area contributed by atoms with E-state index in [4.69, 9.17) is 4.74 Å². The fraction of sp³-hybridized carbons (Fsp3) is 0.393. The number of allylic oxidation sites excluding steroid dienone is 2. The molecule has 1 fully saturated rings. The van der Waals surface area contributed by atoms with E-state index in [0.717, 1.165) is 11.8 Å². The zero-order valence-corrected chi connectivity index (χ0v) is 21.0. The number of rotatable bonds is 6. The molecule has 2 heterocycles. The molecule has 1 amide bonds. The molecule has 8 heteroatoms. The lowest BCUT2D eigenvalue weighted by Gasteiger charge is -2.34. The van der Waals surface area contributed by atoms with Crippen LogP contribution in [0.4, 0.5) is 24.5 Å². The lowest BCUT2D eigenvalue weighted by Crippen LogP contribution is -2.42. The fourth-order valence-electron chi connectivity index (χ4n) is 4.21. The third-order valence-electron chi connectivity index (χ3n) is 6.00. The zero-order valence-electron chi connectivity index (χ0n) is 21.0. The Labute approximate surface area is 211 Å². The number of hydrogen-bond acceptors (Lipinski definition) is 4. The highest BCUT2D eigenvalue weighted by molar-refractivity contribution is 5.94. The number of carbonyl (C=O) groups is 1. The molecule has 36 heavy (non-hydrogen) atoms. The summed E-state index contributed by atoms with van der Waals surface area (Å²) in [5.41, 5.74) is 1.06. The summed E-state index contributed by atoms with van der Waals surface area (Å²) in [6.45, 7) is 8.12. The normalized spacial score (nSPS) is 15.8. The van der Waals surface area contributed by atoms with Crippen LogP contribution in [0.5, 0.6) is 5.75 Å². The first-order chi connectivity index (χ1) is 17.3. The van der Waals surface area contributed by atoms with Crippen molar-refractivity contribution in [3.63, 3.8) is 0 Å². The molecule has 2 aromatic rings. The first-order valence-electron chi connectivity index (χ1n) is 12.4. The number of likely N-dealkylation sites (tertiary alicyclic amines) is 1. The van der Waals surface area contributed by atoms with Crippen LogP contribution in [-0.2, 0) is 6.18 Å². The summed E-state index contributed by atoms with van der Waals surface area (Å²) < 4.78 is 45.5. The Balaban J connectivity index is 0.00000176. The number of amides is 1. The van der Waals surface area contributed by atoms with Crippen LogP contribution < -0.4 is 15.0 Å². The summed E-state index contributed by atoms with van der Waals surface area (Å²) in [5.74, 6) is 0.671. The third-order valence-corrected chi connectivity index (χ3v) is 6.00. The number of ether oxygens (including phenoxy) is 1. The SMILES string of the molecule is CC.CCOc1ccc(C(=O)N2CCC(Nc3cc(C(F)(F)F)ccc3N3C=CC=CC3)CC2)cc1. The van der Waals surface area contributed by atoms with E-state index in [1.54, 1.807) is 29.2 Å². The van der Waals surface area contributed by atoms with Gasteiger partial charge < -0.3 is 19.9 Å². The van der Waals surface area contributed by atoms with Gasteiger partial charge in [-0.3, -0.25) is 4.79 Å². The minimum atomic E-state index is -4.42. The summed E-state index contributed by atoms with van der Waals surface area (Å²) >= 11 is 0. The first-order valence-corrected chi connectivity index (χ1v) is 12.4. The molecule has 4 rings (SSSR count). The maximum absolute atomic E-state index is 13.4. The van der Waals surface area contributed by atoms with Gasteiger partial charge in [0.2, 0.25) is 0 Å². The van der Waals surface area contributed by atoms with Crippen molar-refractivity contribution in [2.75, 3.05) is 36.5 Å². The van der Waals surface area contributed by atoms with Crippen molar-refractivity contribution >= 4 is 17.3 Å². The van der Waals surface area contributed by atoms with Crippen molar-refractivity contribution in [1.82, 2.24) is 4.90 Å². The van der Waals surface area contributed by atoms with Crippen LogP contribution in [0.3, 0.4) is 0 Å². The molecule has 1 N–H and O–H groups in total. The van der Waals surface area contributed by atoms with Gasteiger partial charge in [0.25, 0.3) is 5.91 Å². The van der Waals surface area contributed by atoms with Crippen molar-refractivity contribution in [3.8, 4) is 5.75 Å². The Morgan fingerprint density at radius 2 is 1.75 bits per heavy atom. The van der Waals surface area contributed by atoms with E-state index in [9.17, 15) is 18.0 Å². The summed E-state index contributed by atoms with van der Waals surface area (Å²) in [6.07, 6.45) is 4.45. The van der Waals surface area contributed by atoms with Gasteiger partial charge in [0.15, 0.2) is 0 Å². The number of carbonyl (C=O) groups excluding carboxylic acids is 1. The molecule has 2 aliphatic heterocycles. The largest absolute Gasteiger partial charge is 0.494 e. The third kappa shape index (κ3) is 6.83. The highest BCUT2D eigenvalue weighted by atomic mass is 19.4. The molecule has 2 aromatic carbocycles. The zero-order chi connectivity index (χ0) is 26.1. The van der Waals surface area contributed by atoms with Gasteiger partial charge in [0, 0.05) is 37.4 Å². The topological polar surface area (TPSA) is 44.8 Å². The number of piperidine rings is 1. The van der Waals surface area contributed by atoms with Gasteiger partial charge in [-0.25, -0.2) is 0 Å². The van der Waals surface area contributed by atoms with Crippen LogP contribution in [0.15, 0.2) is 66.9 Å². The standard InChI is InChI=1S/C26H28F3N3O2.C2H6/c1-2-34-22-9-6-19(7-10-22)25(33)32-16-12-21(13-17-32)30-23-18-20(26(27,28)29)8-11-24(23)31-14-4-3-5-15-31;1-2/h3-11,14,18,21,30H,2,12-13,15-17H2,1H3;1-2H3. The van der Waals surface area contributed by atoms with E-state index in [0.29, 0.717) is 56.0 Å². The van der Waals surface area contributed by atoms with E-state index in [-0.39, 0.29) is 11.9 Å². The number of nitrogens with zero attached hydrogens (tertiary/aromatic N) is 2. The van der Waals surface area contributed by atoms with E-state index < -0.39 is 11.7 Å². The Kier molecular flexibility index (Phi) is 9.44. The lowest BCUT2D eigenvalue weighted by atomic mass is 10.0. The van der Waals surface area contributed by atoms with Crippen LogP contribution in [0.1, 0.15) is 49.5 Å². The van der Waals surface area contributed by atoms with Crippen LogP contribution >= 0.6 is 0 Å². The lowest BCUT2D eigenvalue weighted by molar-refractivity contribution is -0.137. The van der Waals surface area contributed by atoms with Gasteiger partial charge >= 0.3 is 6.18 Å². The van der Waals surface area contributed by atoms with Crippen molar-refractivity contribution in [1.29, 1.82) is 0 Å². The number of alkyl halides is 3. The highest BCUT2D eigenvalue weighted by Gasteiger charge is 2.32. The Bertz CT molecular complexity index is 1060. The van der Waals surface area contributed by atoms with Crippen molar-refractivity contribution in [3.05, 3.63) is 78.0 Å². The van der Waals surface area contributed by atoms with Crippen LogP contribution in [0.2, 0.25) is 0 Å². The minimum absolute atomic E-state index is 0.0315. The van der Waals surface area contributed by atoms with Crippen molar-refractivity contribution < 1.29 is 22.7 Å². The van der Waals surface area contributed by atoms with E-state index in [1.165, 1.54) is 12.1 Å². The van der Waals surface area contributed by atoms with Gasteiger partial charge in [-0.2, -0.15) is 13.2 Å². The van der Waals surface area contributed by atoms with Crippen LogP contribution in [0.25, 0.3) is 0 Å². The fourth-order valence-corrected chi connectivity index (χ4v) is 4.21. The summed E-state index contributed by atoms with van der Waals surface area (Å²) in [4.78, 5) is 16.6. The molecular weight excluding hydrogens is 467 g/mol. The van der Waals surface area contributed by atoms with Gasteiger partial charge in [0.1, 0.15) is 5.75 Å². The summed E-state index contributed by atoms with van der Waals surface area (Å²) in [6, 6.07) is 10.9. The molecule has 0 radical (unpaired) electrons. The molecule has 0 saturated carbocycles.